The molecule has 1 aliphatic heterocycles. The average molecular weight is 322 g/mol. The first-order chi connectivity index (χ1) is 10.9. The van der Waals surface area contributed by atoms with Gasteiger partial charge in [0.1, 0.15) is 5.76 Å². The molecule has 0 aromatic carbocycles. The summed E-state index contributed by atoms with van der Waals surface area (Å²) in [6.45, 7) is 10.7. The van der Waals surface area contributed by atoms with E-state index in [2.05, 4.69) is 15.4 Å². The summed E-state index contributed by atoms with van der Waals surface area (Å²) in [7, 11) is 0. The van der Waals surface area contributed by atoms with Crippen LogP contribution >= 0.6 is 0 Å². The average Bonchev–Trinajstić information content (AvgIpc) is 2.79. The molecule has 0 atom stereocenters. The smallest absolute Gasteiger partial charge is 0.234 e. The third-order valence-electron chi connectivity index (χ3n) is 4.05. The third kappa shape index (κ3) is 4.79. The van der Waals surface area contributed by atoms with Gasteiger partial charge in [-0.25, -0.2) is 0 Å². The second kappa shape index (κ2) is 7.59. The molecule has 7 nitrogen and oxygen atoms in total. The zero-order chi connectivity index (χ0) is 17.0. The minimum absolute atomic E-state index is 0.0375. The zero-order valence-corrected chi connectivity index (χ0v) is 14.4. The van der Waals surface area contributed by atoms with Gasteiger partial charge in [0.25, 0.3) is 0 Å². The van der Waals surface area contributed by atoms with Gasteiger partial charge in [-0.1, -0.05) is 5.16 Å². The van der Waals surface area contributed by atoms with Crippen LogP contribution in [0, 0.1) is 13.8 Å². The number of hydrogen-bond donors (Lipinski definition) is 1. The fourth-order valence-corrected chi connectivity index (χ4v) is 2.74. The van der Waals surface area contributed by atoms with Gasteiger partial charge in [0.15, 0.2) is 0 Å². The maximum Gasteiger partial charge on any atom is 0.234 e. The third-order valence-corrected chi connectivity index (χ3v) is 4.05. The Balaban J connectivity index is 1.80. The van der Waals surface area contributed by atoms with E-state index in [9.17, 15) is 9.59 Å². The van der Waals surface area contributed by atoms with Crippen molar-refractivity contribution in [1.29, 1.82) is 0 Å². The first-order valence-corrected chi connectivity index (χ1v) is 8.08. The molecule has 1 fully saturated rings. The number of nitrogens with zero attached hydrogens (tertiary/aromatic N) is 3. The Morgan fingerprint density at radius 2 is 1.87 bits per heavy atom. The number of carbonyl (C=O) groups is 2. The van der Waals surface area contributed by atoms with E-state index in [1.807, 2.05) is 32.6 Å². The van der Waals surface area contributed by atoms with Gasteiger partial charge < -0.3 is 14.7 Å². The lowest BCUT2D eigenvalue weighted by atomic mass is 10.1. The topological polar surface area (TPSA) is 78.7 Å². The second-order valence-corrected chi connectivity index (χ2v) is 6.36. The summed E-state index contributed by atoms with van der Waals surface area (Å²) in [5, 5.41) is 6.77. The number of aryl methyl sites for hydroxylation is 2. The summed E-state index contributed by atoms with van der Waals surface area (Å²) in [5.74, 6) is 0.834. The number of piperazine rings is 1. The first kappa shape index (κ1) is 17.5. The Morgan fingerprint density at radius 1 is 1.22 bits per heavy atom. The fourth-order valence-electron chi connectivity index (χ4n) is 2.74. The Hall–Kier alpha value is -1.89. The monoisotopic (exact) mass is 322 g/mol. The van der Waals surface area contributed by atoms with E-state index in [4.69, 9.17) is 4.52 Å². The van der Waals surface area contributed by atoms with Crippen LogP contribution in [-0.4, -0.2) is 65.5 Å². The van der Waals surface area contributed by atoms with Crippen molar-refractivity contribution in [2.45, 2.75) is 40.2 Å². The zero-order valence-electron chi connectivity index (χ0n) is 14.4. The molecule has 1 aromatic heterocycles. The minimum Gasteiger partial charge on any atom is -0.361 e. The molecular weight excluding hydrogens is 296 g/mol. The fraction of sp³-hybridized carbons (Fsp3) is 0.688. The van der Waals surface area contributed by atoms with Gasteiger partial charge in [-0.3, -0.25) is 14.5 Å². The summed E-state index contributed by atoms with van der Waals surface area (Å²) in [5.41, 5.74) is 1.66. The normalized spacial score (nSPS) is 16.0. The maximum atomic E-state index is 12.4. The number of nitrogens with one attached hydrogen (secondary N) is 1. The van der Waals surface area contributed by atoms with Crippen LogP contribution in [0.4, 0.5) is 0 Å². The molecule has 0 unspecified atom stereocenters. The Kier molecular flexibility index (Phi) is 5.76. The molecule has 1 N–H and O–H groups in total. The highest BCUT2D eigenvalue weighted by atomic mass is 16.5. The molecule has 0 aliphatic carbocycles. The minimum atomic E-state index is 0.0375. The highest BCUT2D eigenvalue weighted by molar-refractivity contribution is 5.80. The lowest BCUT2D eigenvalue weighted by Gasteiger charge is -2.34. The molecular formula is C16H26N4O3. The molecule has 7 heteroatoms. The van der Waals surface area contributed by atoms with Gasteiger partial charge in [0.05, 0.1) is 18.7 Å². The highest BCUT2D eigenvalue weighted by Gasteiger charge is 2.24. The number of hydrogen-bond acceptors (Lipinski definition) is 5. The van der Waals surface area contributed by atoms with Crippen molar-refractivity contribution in [2.24, 2.45) is 0 Å². The summed E-state index contributed by atoms with van der Waals surface area (Å²) in [6, 6.07) is 0.153. The van der Waals surface area contributed by atoms with Crippen LogP contribution < -0.4 is 5.32 Å². The Bertz CT molecular complexity index is 540. The van der Waals surface area contributed by atoms with Crippen molar-refractivity contribution in [3.63, 3.8) is 0 Å². The Morgan fingerprint density at radius 3 is 2.39 bits per heavy atom. The van der Waals surface area contributed by atoms with E-state index in [-0.39, 0.29) is 17.9 Å². The number of carbonyl (C=O) groups excluding carboxylic acids is 2. The van der Waals surface area contributed by atoms with Crippen molar-refractivity contribution in [1.82, 2.24) is 20.3 Å². The maximum absolute atomic E-state index is 12.4. The van der Waals surface area contributed by atoms with Crippen molar-refractivity contribution < 1.29 is 14.1 Å². The van der Waals surface area contributed by atoms with Crippen molar-refractivity contribution in [2.75, 3.05) is 32.7 Å². The largest absolute Gasteiger partial charge is 0.361 e. The van der Waals surface area contributed by atoms with Crippen LogP contribution in [-0.2, 0) is 16.0 Å². The number of aromatic nitrogens is 1. The summed E-state index contributed by atoms with van der Waals surface area (Å²) < 4.78 is 5.10. The quantitative estimate of drug-likeness (QED) is 0.854. The van der Waals surface area contributed by atoms with Crippen LogP contribution in [0.1, 0.15) is 30.9 Å². The first-order valence-electron chi connectivity index (χ1n) is 8.08. The van der Waals surface area contributed by atoms with Crippen LogP contribution in [0.25, 0.3) is 0 Å². The molecule has 128 valence electrons. The lowest BCUT2D eigenvalue weighted by Crippen LogP contribution is -2.51. The number of rotatable bonds is 5. The van der Waals surface area contributed by atoms with Crippen LogP contribution in [0.5, 0.6) is 0 Å². The SMILES string of the molecule is Cc1noc(C)c1CC(=O)N1CCN(CC(=O)NC(C)C)CC1. The summed E-state index contributed by atoms with van der Waals surface area (Å²) in [4.78, 5) is 28.1. The summed E-state index contributed by atoms with van der Waals surface area (Å²) in [6.07, 6.45) is 0.328. The van der Waals surface area contributed by atoms with Crippen molar-refractivity contribution in [3.05, 3.63) is 17.0 Å². The van der Waals surface area contributed by atoms with Gasteiger partial charge in [-0.05, 0) is 27.7 Å². The molecule has 1 aliphatic rings. The molecule has 2 heterocycles. The van der Waals surface area contributed by atoms with Crippen molar-refractivity contribution in [3.8, 4) is 0 Å². The predicted octanol–water partition coefficient (Wildman–Crippen LogP) is 0.503. The van der Waals surface area contributed by atoms with Crippen LogP contribution in [0.2, 0.25) is 0 Å². The molecule has 0 bridgehead atoms. The molecule has 0 radical (unpaired) electrons. The van der Waals surface area contributed by atoms with Crippen molar-refractivity contribution >= 4 is 11.8 Å². The van der Waals surface area contributed by atoms with Gasteiger partial charge in [0, 0.05) is 37.8 Å². The Labute approximate surface area is 137 Å². The van der Waals surface area contributed by atoms with Gasteiger partial charge in [-0.15, -0.1) is 0 Å². The molecule has 2 amide bonds. The predicted molar refractivity (Wildman–Crippen MR) is 86.0 cm³/mol. The van der Waals surface area contributed by atoms with E-state index in [0.29, 0.717) is 31.8 Å². The second-order valence-electron chi connectivity index (χ2n) is 6.36. The van der Waals surface area contributed by atoms with Gasteiger partial charge >= 0.3 is 0 Å². The van der Waals surface area contributed by atoms with E-state index in [1.54, 1.807) is 0 Å². The van der Waals surface area contributed by atoms with E-state index in [0.717, 1.165) is 24.3 Å². The van der Waals surface area contributed by atoms with E-state index < -0.39 is 0 Å². The molecule has 1 aromatic rings. The molecule has 0 spiro atoms. The van der Waals surface area contributed by atoms with E-state index >= 15 is 0 Å². The number of amides is 2. The lowest BCUT2D eigenvalue weighted by molar-refractivity contribution is -0.132. The molecule has 1 saturated heterocycles. The van der Waals surface area contributed by atoms with Gasteiger partial charge in [0.2, 0.25) is 11.8 Å². The molecule has 2 rings (SSSR count). The standard InChI is InChI=1S/C16H26N4O3/c1-11(2)17-15(21)10-19-5-7-20(8-6-19)16(22)9-14-12(3)18-23-13(14)4/h11H,5-10H2,1-4H3,(H,17,21). The summed E-state index contributed by atoms with van der Waals surface area (Å²) >= 11 is 0. The molecule has 0 saturated carbocycles. The van der Waals surface area contributed by atoms with Crippen LogP contribution in [0.15, 0.2) is 4.52 Å². The van der Waals surface area contributed by atoms with Gasteiger partial charge in [-0.2, -0.15) is 0 Å². The highest BCUT2D eigenvalue weighted by Crippen LogP contribution is 2.14. The van der Waals surface area contributed by atoms with Crippen LogP contribution in [0.3, 0.4) is 0 Å². The molecule has 23 heavy (non-hydrogen) atoms. The van der Waals surface area contributed by atoms with E-state index in [1.165, 1.54) is 0 Å².